The molecule has 0 N–H and O–H groups in total. The summed E-state index contributed by atoms with van der Waals surface area (Å²) < 4.78 is 2.46. The van der Waals surface area contributed by atoms with Gasteiger partial charge >= 0.3 is 5.69 Å². The van der Waals surface area contributed by atoms with Crippen LogP contribution in [0.15, 0.2) is 39.9 Å². The van der Waals surface area contributed by atoms with Crippen molar-refractivity contribution < 1.29 is 4.79 Å². The molecule has 0 saturated heterocycles. The molecular formula is C18H19N3O3S. The van der Waals surface area contributed by atoms with Gasteiger partial charge in [-0.05, 0) is 37.6 Å². The maximum atomic E-state index is 13.0. The molecule has 130 valence electrons. The average Bonchev–Trinajstić information content (AvgIpc) is 3.04. The zero-order chi connectivity index (χ0) is 18.3. The Morgan fingerprint density at radius 2 is 1.88 bits per heavy atom. The van der Waals surface area contributed by atoms with Gasteiger partial charge in [-0.3, -0.25) is 18.7 Å². The van der Waals surface area contributed by atoms with E-state index in [1.54, 1.807) is 18.0 Å². The van der Waals surface area contributed by atoms with Gasteiger partial charge in [-0.1, -0.05) is 12.1 Å². The number of hydrogen-bond donors (Lipinski definition) is 0. The summed E-state index contributed by atoms with van der Waals surface area (Å²) in [6, 6.07) is 9.30. The minimum atomic E-state index is -0.399. The number of aromatic nitrogens is 2. The maximum absolute atomic E-state index is 13.0. The van der Waals surface area contributed by atoms with Crippen molar-refractivity contribution in [3.05, 3.63) is 61.6 Å². The number of aryl methyl sites for hydroxylation is 2. The molecule has 25 heavy (non-hydrogen) atoms. The Morgan fingerprint density at radius 1 is 1.16 bits per heavy atom. The van der Waals surface area contributed by atoms with Crippen LogP contribution in [0.5, 0.6) is 0 Å². The molecule has 0 fully saturated rings. The third-order valence-corrected chi connectivity index (χ3v) is 5.41. The summed E-state index contributed by atoms with van der Waals surface area (Å²) in [6.07, 6.45) is 0. The number of thiophene rings is 1. The molecule has 0 atom stereocenters. The Bertz CT molecular complexity index is 1090. The highest BCUT2D eigenvalue weighted by Gasteiger charge is 2.21. The predicted molar refractivity (Wildman–Crippen MR) is 101 cm³/mol. The van der Waals surface area contributed by atoms with Gasteiger partial charge in [-0.25, -0.2) is 4.79 Å². The first-order valence-corrected chi connectivity index (χ1v) is 8.75. The number of fused-ring (bicyclic) bond motifs is 1. The number of benzene rings is 1. The molecule has 0 aliphatic heterocycles. The van der Waals surface area contributed by atoms with Gasteiger partial charge < -0.3 is 4.90 Å². The van der Waals surface area contributed by atoms with Crippen LogP contribution >= 0.6 is 11.3 Å². The Kier molecular flexibility index (Phi) is 4.34. The minimum absolute atomic E-state index is 0.177. The summed E-state index contributed by atoms with van der Waals surface area (Å²) in [4.78, 5) is 40.0. The van der Waals surface area contributed by atoms with Crippen molar-refractivity contribution in [1.82, 2.24) is 9.13 Å². The monoisotopic (exact) mass is 357 g/mol. The lowest BCUT2D eigenvalue weighted by Crippen LogP contribution is -2.36. The molecule has 1 amide bonds. The Hall–Kier alpha value is -2.67. The van der Waals surface area contributed by atoms with Crippen LogP contribution in [0.2, 0.25) is 0 Å². The number of carbonyl (C=O) groups is 1. The molecule has 0 radical (unpaired) electrons. The fraction of sp³-hybridized carbons (Fsp3) is 0.278. The molecular weight excluding hydrogens is 338 g/mol. The van der Waals surface area contributed by atoms with Gasteiger partial charge in [0.25, 0.3) is 11.5 Å². The molecule has 0 spiro atoms. The highest BCUT2D eigenvalue weighted by molar-refractivity contribution is 7.20. The van der Waals surface area contributed by atoms with Crippen LogP contribution in [-0.2, 0) is 14.1 Å². The van der Waals surface area contributed by atoms with Crippen molar-refractivity contribution in [2.24, 2.45) is 14.1 Å². The molecule has 1 aromatic carbocycles. The Labute approximate surface area is 148 Å². The molecule has 0 aliphatic rings. The van der Waals surface area contributed by atoms with Crippen molar-refractivity contribution >= 4 is 33.1 Å². The average molecular weight is 357 g/mol. The molecule has 0 unspecified atom stereocenters. The van der Waals surface area contributed by atoms with Crippen LogP contribution in [0.3, 0.4) is 0 Å². The largest absolute Gasteiger partial charge is 0.331 e. The molecule has 7 heteroatoms. The standard InChI is InChI=1S/C18H19N3O3S/c1-5-21(12-8-6-7-11(2)9-12)16(23)14-10-13-15(22)19(3)18(24)20(4)17(13)25-14/h6-10H,5H2,1-4H3. The first-order valence-electron chi connectivity index (χ1n) is 7.93. The summed E-state index contributed by atoms with van der Waals surface area (Å²) in [6.45, 7) is 4.39. The van der Waals surface area contributed by atoms with E-state index in [2.05, 4.69) is 0 Å². The van der Waals surface area contributed by atoms with Gasteiger partial charge in [0.15, 0.2) is 0 Å². The topological polar surface area (TPSA) is 64.3 Å². The lowest BCUT2D eigenvalue weighted by Gasteiger charge is -2.20. The summed E-state index contributed by atoms with van der Waals surface area (Å²) in [7, 11) is 3.04. The summed E-state index contributed by atoms with van der Waals surface area (Å²) in [5, 5.41) is 0.387. The zero-order valence-corrected chi connectivity index (χ0v) is 15.4. The Morgan fingerprint density at radius 3 is 2.52 bits per heavy atom. The van der Waals surface area contributed by atoms with Gasteiger partial charge in [0.05, 0.1) is 10.3 Å². The minimum Gasteiger partial charge on any atom is -0.308 e. The van der Waals surface area contributed by atoms with Crippen LogP contribution in [0.4, 0.5) is 5.69 Å². The highest BCUT2D eigenvalue weighted by Crippen LogP contribution is 2.25. The number of hydrogen-bond acceptors (Lipinski definition) is 4. The van der Waals surface area contributed by atoms with E-state index in [1.807, 2.05) is 38.1 Å². The number of anilines is 1. The smallest absolute Gasteiger partial charge is 0.308 e. The molecule has 2 heterocycles. The molecule has 6 nitrogen and oxygen atoms in total. The van der Waals surface area contributed by atoms with Crippen LogP contribution < -0.4 is 16.1 Å². The molecule has 0 bridgehead atoms. The van der Waals surface area contributed by atoms with Gasteiger partial charge in [0.1, 0.15) is 4.83 Å². The Balaban J connectivity index is 2.14. The summed E-state index contributed by atoms with van der Waals surface area (Å²) >= 11 is 1.17. The predicted octanol–water partition coefficient (Wildman–Crippen LogP) is 2.27. The summed E-state index contributed by atoms with van der Waals surface area (Å²) in [5.74, 6) is -0.177. The van der Waals surface area contributed by atoms with E-state index in [9.17, 15) is 14.4 Å². The van der Waals surface area contributed by atoms with Crippen LogP contribution in [-0.4, -0.2) is 21.6 Å². The van der Waals surface area contributed by atoms with Crippen molar-refractivity contribution in [1.29, 1.82) is 0 Å². The lowest BCUT2D eigenvalue weighted by atomic mass is 10.2. The number of amides is 1. The highest BCUT2D eigenvalue weighted by atomic mass is 32.1. The fourth-order valence-corrected chi connectivity index (χ4v) is 3.89. The van der Waals surface area contributed by atoms with E-state index in [-0.39, 0.29) is 11.5 Å². The van der Waals surface area contributed by atoms with Gasteiger partial charge in [0.2, 0.25) is 0 Å². The molecule has 2 aromatic heterocycles. The second-order valence-corrected chi connectivity index (χ2v) is 6.95. The van der Waals surface area contributed by atoms with E-state index in [0.717, 1.165) is 15.8 Å². The molecule has 3 rings (SSSR count). The van der Waals surface area contributed by atoms with Crippen LogP contribution in [0.25, 0.3) is 10.2 Å². The fourth-order valence-electron chi connectivity index (χ4n) is 2.84. The van der Waals surface area contributed by atoms with Crippen LogP contribution in [0, 0.1) is 6.92 Å². The van der Waals surface area contributed by atoms with Crippen molar-refractivity contribution in [2.45, 2.75) is 13.8 Å². The molecule has 3 aromatic rings. The third kappa shape index (κ3) is 2.80. The zero-order valence-electron chi connectivity index (χ0n) is 14.6. The SMILES string of the molecule is CCN(C(=O)c1cc2c(=O)n(C)c(=O)n(C)c2s1)c1cccc(C)c1. The first kappa shape index (κ1) is 17.2. The van der Waals surface area contributed by atoms with E-state index in [0.29, 0.717) is 21.6 Å². The van der Waals surface area contributed by atoms with Crippen molar-refractivity contribution in [3.8, 4) is 0 Å². The number of nitrogens with zero attached hydrogens (tertiary/aromatic N) is 3. The third-order valence-electron chi connectivity index (χ3n) is 4.21. The normalized spacial score (nSPS) is 11.0. The van der Waals surface area contributed by atoms with E-state index >= 15 is 0 Å². The summed E-state index contributed by atoms with van der Waals surface area (Å²) in [5.41, 5.74) is 1.10. The lowest BCUT2D eigenvalue weighted by molar-refractivity contribution is 0.0992. The first-order chi connectivity index (χ1) is 11.8. The van der Waals surface area contributed by atoms with E-state index in [1.165, 1.54) is 23.0 Å². The molecule has 0 aliphatic carbocycles. The van der Waals surface area contributed by atoms with Crippen molar-refractivity contribution in [3.63, 3.8) is 0 Å². The number of rotatable bonds is 3. The second kappa shape index (κ2) is 6.33. The van der Waals surface area contributed by atoms with Crippen LogP contribution in [0.1, 0.15) is 22.2 Å². The number of carbonyl (C=O) groups excluding carboxylic acids is 1. The molecule has 0 saturated carbocycles. The van der Waals surface area contributed by atoms with Gasteiger partial charge in [-0.15, -0.1) is 11.3 Å². The quantitative estimate of drug-likeness (QED) is 0.722. The van der Waals surface area contributed by atoms with Gasteiger partial charge in [0, 0.05) is 26.3 Å². The van der Waals surface area contributed by atoms with Gasteiger partial charge in [-0.2, -0.15) is 0 Å². The van der Waals surface area contributed by atoms with E-state index in [4.69, 9.17) is 0 Å². The maximum Gasteiger partial charge on any atom is 0.331 e. The van der Waals surface area contributed by atoms with E-state index < -0.39 is 5.69 Å². The second-order valence-electron chi connectivity index (χ2n) is 5.92. The van der Waals surface area contributed by atoms with Crippen molar-refractivity contribution in [2.75, 3.05) is 11.4 Å².